The van der Waals surface area contributed by atoms with Gasteiger partial charge in [0, 0.05) is 24.2 Å². The van der Waals surface area contributed by atoms with Gasteiger partial charge >= 0.3 is 0 Å². The van der Waals surface area contributed by atoms with E-state index in [1.807, 2.05) is 11.8 Å². The molecule has 1 aromatic carbocycles. The minimum Gasteiger partial charge on any atom is -0.381 e. The van der Waals surface area contributed by atoms with Crippen molar-refractivity contribution in [3.8, 4) is 0 Å². The molecule has 0 bridgehead atoms. The van der Waals surface area contributed by atoms with Gasteiger partial charge in [-0.05, 0) is 24.5 Å². The average Bonchev–Trinajstić information content (AvgIpc) is 2.46. The lowest BCUT2D eigenvalue weighted by Crippen LogP contribution is -2.23. The van der Waals surface area contributed by atoms with Gasteiger partial charge in [0.2, 0.25) is 0 Å². The Morgan fingerprint density at radius 1 is 1.28 bits per heavy atom. The first-order valence-corrected chi connectivity index (χ1v) is 7.54. The number of thioether (sulfide) groups is 1. The van der Waals surface area contributed by atoms with E-state index < -0.39 is 0 Å². The van der Waals surface area contributed by atoms with E-state index in [-0.39, 0.29) is 0 Å². The molecular weight excluding hydrogens is 244 g/mol. The Morgan fingerprint density at radius 3 is 3.00 bits per heavy atom. The molecule has 0 unspecified atom stereocenters. The number of benzene rings is 1. The maximum Gasteiger partial charge on any atom is 0.111 e. The maximum atomic E-state index is 5.38. The summed E-state index contributed by atoms with van der Waals surface area (Å²) in [4.78, 5) is 4.61. The summed E-state index contributed by atoms with van der Waals surface area (Å²) in [6.07, 6.45) is 2.35. The second-order valence-corrected chi connectivity index (χ2v) is 5.96. The van der Waals surface area contributed by atoms with Crippen LogP contribution in [-0.2, 0) is 11.3 Å². The van der Waals surface area contributed by atoms with Crippen molar-refractivity contribution in [2.75, 3.05) is 24.3 Å². The number of hydrogen-bond donors (Lipinski definition) is 1. The standard InChI is InChI=1S/C14H18N2OS/c1-2-4-13-11(3-1)9-15-14(16-13)10-18-12-5-7-17-8-6-12/h1-4,12H,5-10H2,(H,15,16). The van der Waals surface area contributed by atoms with Gasteiger partial charge in [-0.15, -0.1) is 0 Å². The van der Waals surface area contributed by atoms with Crippen LogP contribution in [0.3, 0.4) is 0 Å². The molecular formula is C14H18N2OS. The number of hydrogen-bond acceptors (Lipinski definition) is 4. The van der Waals surface area contributed by atoms with Gasteiger partial charge in [-0.25, -0.2) is 0 Å². The molecule has 1 N–H and O–H groups in total. The van der Waals surface area contributed by atoms with Crippen LogP contribution in [0.1, 0.15) is 18.4 Å². The van der Waals surface area contributed by atoms with Crippen molar-refractivity contribution >= 4 is 23.3 Å². The summed E-state index contributed by atoms with van der Waals surface area (Å²) in [7, 11) is 0. The fraction of sp³-hybridized carbons (Fsp3) is 0.500. The van der Waals surface area contributed by atoms with Crippen LogP contribution in [0, 0.1) is 0 Å². The molecule has 0 amide bonds. The molecule has 0 spiro atoms. The largest absolute Gasteiger partial charge is 0.381 e. The Kier molecular flexibility index (Phi) is 3.86. The first kappa shape index (κ1) is 12.1. The fourth-order valence-corrected chi connectivity index (χ4v) is 3.36. The summed E-state index contributed by atoms with van der Waals surface area (Å²) in [5.41, 5.74) is 2.51. The van der Waals surface area contributed by atoms with Crippen LogP contribution in [-0.4, -0.2) is 30.1 Å². The summed E-state index contributed by atoms with van der Waals surface area (Å²) in [6, 6.07) is 8.40. The van der Waals surface area contributed by atoms with Gasteiger partial charge in [-0.1, -0.05) is 18.2 Å². The quantitative estimate of drug-likeness (QED) is 0.909. The first-order valence-electron chi connectivity index (χ1n) is 6.49. The van der Waals surface area contributed by atoms with Gasteiger partial charge in [0.1, 0.15) is 5.84 Å². The van der Waals surface area contributed by atoms with Crippen molar-refractivity contribution in [1.29, 1.82) is 0 Å². The smallest absolute Gasteiger partial charge is 0.111 e. The number of nitrogens with one attached hydrogen (secondary N) is 1. The second kappa shape index (κ2) is 5.76. The van der Waals surface area contributed by atoms with Gasteiger partial charge in [0.05, 0.1) is 12.3 Å². The molecule has 18 heavy (non-hydrogen) atoms. The van der Waals surface area contributed by atoms with Crippen molar-refractivity contribution < 1.29 is 4.74 Å². The number of rotatable bonds is 3. The zero-order valence-electron chi connectivity index (χ0n) is 10.4. The second-order valence-electron chi connectivity index (χ2n) is 4.67. The summed E-state index contributed by atoms with van der Waals surface area (Å²) in [6.45, 7) is 2.65. The lowest BCUT2D eigenvalue weighted by Gasteiger charge is -2.23. The molecule has 2 aliphatic heterocycles. The van der Waals surface area contributed by atoms with Gasteiger partial charge in [0.15, 0.2) is 0 Å². The van der Waals surface area contributed by atoms with Gasteiger partial charge in [-0.2, -0.15) is 11.8 Å². The highest BCUT2D eigenvalue weighted by molar-refractivity contribution is 8.00. The van der Waals surface area contributed by atoms with Gasteiger partial charge < -0.3 is 10.1 Å². The molecule has 0 aliphatic carbocycles. The maximum absolute atomic E-state index is 5.38. The summed E-state index contributed by atoms with van der Waals surface area (Å²) in [5, 5.41) is 4.17. The van der Waals surface area contributed by atoms with E-state index in [1.54, 1.807) is 0 Å². The van der Waals surface area contributed by atoms with Crippen LogP contribution in [0.25, 0.3) is 0 Å². The van der Waals surface area contributed by atoms with E-state index >= 15 is 0 Å². The number of amidine groups is 1. The SMILES string of the molecule is c1ccc2c(c1)CN=C(CSC1CCOCC1)N2. The Morgan fingerprint density at radius 2 is 2.11 bits per heavy atom. The summed E-state index contributed by atoms with van der Waals surface area (Å²) in [5.74, 6) is 2.10. The van der Waals surface area contributed by atoms with Crippen LogP contribution >= 0.6 is 11.8 Å². The Bertz CT molecular complexity index is 441. The molecule has 2 aliphatic rings. The first-order chi connectivity index (χ1) is 8.92. The van der Waals surface area contributed by atoms with Crippen LogP contribution in [0.4, 0.5) is 5.69 Å². The number of fused-ring (bicyclic) bond motifs is 1. The average molecular weight is 262 g/mol. The van der Waals surface area contributed by atoms with E-state index in [9.17, 15) is 0 Å². The number of ether oxygens (including phenoxy) is 1. The molecule has 2 heterocycles. The predicted octanol–water partition coefficient (Wildman–Crippen LogP) is 2.92. The highest BCUT2D eigenvalue weighted by Gasteiger charge is 2.16. The van der Waals surface area contributed by atoms with Crippen molar-refractivity contribution in [3.63, 3.8) is 0 Å². The normalized spacial score (nSPS) is 19.9. The molecule has 0 saturated carbocycles. The number of nitrogens with zero attached hydrogens (tertiary/aromatic N) is 1. The van der Waals surface area contributed by atoms with Crippen LogP contribution in [0.15, 0.2) is 29.3 Å². The molecule has 4 heteroatoms. The molecule has 3 rings (SSSR count). The summed E-state index contributed by atoms with van der Waals surface area (Å²) >= 11 is 2.01. The zero-order chi connectivity index (χ0) is 12.2. The van der Waals surface area contributed by atoms with Gasteiger partial charge in [-0.3, -0.25) is 4.99 Å². The Labute approximate surface area is 112 Å². The van der Waals surface area contributed by atoms with Crippen molar-refractivity contribution in [2.24, 2.45) is 4.99 Å². The lowest BCUT2D eigenvalue weighted by atomic mass is 10.1. The van der Waals surface area contributed by atoms with E-state index in [0.29, 0.717) is 0 Å². The van der Waals surface area contributed by atoms with E-state index in [0.717, 1.165) is 36.6 Å². The molecule has 1 saturated heterocycles. The predicted molar refractivity (Wildman–Crippen MR) is 77.5 cm³/mol. The van der Waals surface area contributed by atoms with Gasteiger partial charge in [0.25, 0.3) is 0 Å². The van der Waals surface area contributed by atoms with Crippen LogP contribution in [0.5, 0.6) is 0 Å². The van der Waals surface area contributed by atoms with Crippen molar-refractivity contribution in [2.45, 2.75) is 24.6 Å². The highest BCUT2D eigenvalue weighted by atomic mass is 32.2. The number of anilines is 1. The fourth-order valence-electron chi connectivity index (χ4n) is 2.28. The zero-order valence-corrected chi connectivity index (χ0v) is 11.2. The number of para-hydroxylation sites is 1. The topological polar surface area (TPSA) is 33.6 Å². The third-order valence-corrected chi connectivity index (χ3v) is 4.74. The van der Waals surface area contributed by atoms with Crippen LogP contribution in [0.2, 0.25) is 0 Å². The minimum atomic E-state index is 0.737. The van der Waals surface area contributed by atoms with Crippen molar-refractivity contribution in [1.82, 2.24) is 0 Å². The summed E-state index contributed by atoms with van der Waals surface area (Å²) < 4.78 is 5.38. The minimum absolute atomic E-state index is 0.737. The van der Waals surface area contributed by atoms with E-state index in [1.165, 1.54) is 24.1 Å². The van der Waals surface area contributed by atoms with E-state index in [4.69, 9.17) is 4.74 Å². The van der Waals surface area contributed by atoms with Crippen LogP contribution < -0.4 is 5.32 Å². The highest BCUT2D eigenvalue weighted by Crippen LogP contribution is 2.25. The molecule has 96 valence electrons. The van der Waals surface area contributed by atoms with E-state index in [2.05, 4.69) is 34.6 Å². The molecule has 1 fully saturated rings. The monoisotopic (exact) mass is 262 g/mol. The molecule has 0 atom stereocenters. The Balaban J connectivity index is 1.54. The lowest BCUT2D eigenvalue weighted by molar-refractivity contribution is 0.100. The van der Waals surface area contributed by atoms with Crippen molar-refractivity contribution in [3.05, 3.63) is 29.8 Å². The Hall–Kier alpha value is -1.00. The molecule has 3 nitrogen and oxygen atoms in total. The number of aliphatic imine (C=N–C) groups is 1. The molecule has 1 aromatic rings. The molecule has 0 radical (unpaired) electrons. The third kappa shape index (κ3) is 2.87. The molecule has 0 aromatic heterocycles. The third-order valence-electron chi connectivity index (χ3n) is 3.36.